The maximum atomic E-state index is 12.9. The topological polar surface area (TPSA) is 67.4 Å². The van der Waals surface area contributed by atoms with Crippen molar-refractivity contribution in [3.63, 3.8) is 0 Å². The van der Waals surface area contributed by atoms with Gasteiger partial charge in [-0.1, -0.05) is 11.6 Å². The molecule has 1 aliphatic carbocycles. The molecule has 0 spiro atoms. The van der Waals surface area contributed by atoms with Crippen LogP contribution < -0.4 is 15.4 Å². The van der Waals surface area contributed by atoms with Crippen molar-refractivity contribution in [2.75, 3.05) is 12.4 Å². The molecule has 0 radical (unpaired) electrons. The lowest BCUT2D eigenvalue weighted by molar-refractivity contribution is -0.124. The summed E-state index contributed by atoms with van der Waals surface area (Å²) in [5.74, 6) is 0.285. The lowest BCUT2D eigenvalue weighted by Crippen LogP contribution is -2.54. The number of thioether (sulfide) groups is 1. The van der Waals surface area contributed by atoms with Gasteiger partial charge in [0.05, 0.1) is 5.75 Å². The lowest BCUT2D eigenvalue weighted by Gasteiger charge is -2.36. The summed E-state index contributed by atoms with van der Waals surface area (Å²) in [6, 6.07) is 12.9. The van der Waals surface area contributed by atoms with Crippen LogP contribution in [-0.2, 0) is 9.59 Å². The van der Waals surface area contributed by atoms with Crippen molar-refractivity contribution in [3.8, 4) is 5.75 Å². The molecule has 1 fully saturated rings. The van der Waals surface area contributed by atoms with Gasteiger partial charge >= 0.3 is 0 Å². The normalized spacial score (nSPS) is 18.1. The third-order valence-corrected chi connectivity index (χ3v) is 5.50. The van der Waals surface area contributed by atoms with Crippen LogP contribution in [0.3, 0.4) is 0 Å². The van der Waals surface area contributed by atoms with E-state index in [1.807, 2.05) is 0 Å². The Morgan fingerprint density at radius 2 is 1.61 bits per heavy atom. The van der Waals surface area contributed by atoms with Crippen molar-refractivity contribution in [3.05, 3.63) is 59.4 Å². The van der Waals surface area contributed by atoms with Crippen LogP contribution in [0.5, 0.6) is 5.75 Å². The minimum Gasteiger partial charge on any atom is -0.484 e. The number of carbonyl (C=O) groups excluding carboxylic acids is 2. The van der Waals surface area contributed by atoms with Gasteiger partial charge in [-0.25, -0.2) is 4.39 Å². The number of benzene rings is 2. The van der Waals surface area contributed by atoms with Crippen LogP contribution in [0, 0.1) is 5.82 Å². The van der Waals surface area contributed by atoms with Crippen LogP contribution in [0.15, 0.2) is 53.4 Å². The van der Waals surface area contributed by atoms with Crippen LogP contribution in [0.4, 0.5) is 4.39 Å². The minimum absolute atomic E-state index is 0.0383. The van der Waals surface area contributed by atoms with E-state index >= 15 is 0 Å². The number of amides is 2. The van der Waals surface area contributed by atoms with Crippen LogP contribution >= 0.6 is 23.4 Å². The Morgan fingerprint density at radius 1 is 1.00 bits per heavy atom. The molecule has 28 heavy (non-hydrogen) atoms. The summed E-state index contributed by atoms with van der Waals surface area (Å²) in [4.78, 5) is 24.7. The minimum atomic E-state index is -0.296. The first-order chi connectivity index (χ1) is 13.5. The summed E-state index contributed by atoms with van der Waals surface area (Å²) in [5.41, 5.74) is 0. The Hall–Kier alpha value is -2.25. The summed E-state index contributed by atoms with van der Waals surface area (Å²) in [6.45, 7) is -0.0660. The fraction of sp³-hybridized carbons (Fsp3) is 0.300. The highest BCUT2D eigenvalue weighted by atomic mass is 35.5. The Bertz CT molecular complexity index is 744. The standard InChI is InChI=1S/C20H20ClFN2O3S/c21-13-1-5-17(6-2-13)27-11-19(25)23-15-9-16(10-15)24-20(26)12-28-18-7-3-14(22)4-8-18/h1-8,15-16H,9-12H2,(H,23,25)(H,24,26). The van der Waals surface area contributed by atoms with Crippen molar-refractivity contribution in [1.29, 1.82) is 0 Å². The molecule has 1 aliphatic rings. The van der Waals surface area contributed by atoms with Gasteiger partial charge in [0.25, 0.3) is 5.91 Å². The van der Waals surface area contributed by atoms with Gasteiger partial charge in [0.15, 0.2) is 6.61 Å². The van der Waals surface area contributed by atoms with E-state index in [-0.39, 0.29) is 42.1 Å². The molecule has 2 N–H and O–H groups in total. The predicted molar refractivity (Wildman–Crippen MR) is 107 cm³/mol. The predicted octanol–water partition coefficient (Wildman–Crippen LogP) is 3.41. The SMILES string of the molecule is O=C(COc1ccc(Cl)cc1)NC1CC(NC(=O)CSc2ccc(F)cc2)C1. The molecule has 0 unspecified atom stereocenters. The van der Waals surface area contributed by atoms with E-state index in [0.29, 0.717) is 23.6 Å². The van der Waals surface area contributed by atoms with E-state index in [9.17, 15) is 14.0 Å². The molecule has 0 heterocycles. The number of hydrogen-bond acceptors (Lipinski definition) is 4. The van der Waals surface area contributed by atoms with Crippen molar-refractivity contribution in [1.82, 2.24) is 10.6 Å². The molecule has 0 bridgehead atoms. The smallest absolute Gasteiger partial charge is 0.258 e. The summed E-state index contributed by atoms with van der Waals surface area (Å²) < 4.78 is 18.3. The third kappa shape index (κ3) is 6.42. The van der Waals surface area contributed by atoms with E-state index < -0.39 is 0 Å². The van der Waals surface area contributed by atoms with Crippen LogP contribution in [0.25, 0.3) is 0 Å². The molecule has 2 aromatic rings. The molecule has 148 valence electrons. The second-order valence-corrected chi connectivity index (χ2v) is 7.97. The number of nitrogens with one attached hydrogen (secondary N) is 2. The largest absolute Gasteiger partial charge is 0.484 e. The molecule has 1 saturated carbocycles. The molecule has 0 saturated heterocycles. The van der Waals surface area contributed by atoms with Gasteiger partial charge in [0.2, 0.25) is 5.91 Å². The molecular weight excluding hydrogens is 403 g/mol. The number of rotatable bonds is 8. The Morgan fingerprint density at radius 3 is 2.25 bits per heavy atom. The summed E-state index contributed by atoms with van der Waals surface area (Å²) in [6.07, 6.45) is 1.39. The number of hydrogen-bond donors (Lipinski definition) is 2. The first-order valence-electron chi connectivity index (χ1n) is 8.83. The monoisotopic (exact) mass is 422 g/mol. The molecule has 2 amide bonds. The van der Waals surface area contributed by atoms with Gasteiger partial charge < -0.3 is 15.4 Å². The molecule has 5 nitrogen and oxygen atoms in total. The highest BCUT2D eigenvalue weighted by Crippen LogP contribution is 2.22. The highest BCUT2D eigenvalue weighted by molar-refractivity contribution is 8.00. The zero-order chi connectivity index (χ0) is 19.9. The quantitative estimate of drug-likeness (QED) is 0.640. The summed E-state index contributed by atoms with van der Waals surface area (Å²) in [5, 5.41) is 6.42. The van der Waals surface area contributed by atoms with Gasteiger partial charge in [-0.2, -0.15) is 0 Å². The first kappa shape index (κ1) is 20.5. The van der Waals surface area contributed by atoms with Crippen molar-refractivity contribution < 1.29 is 18.7 Å². The molecule has 3 rings (SSSR count). The third-order valence-electron chi connectivity index (χ3n) is 4.24. The van der Waals surface area contributed by atoms with Gasteiger partial charge in [-0.15, -0.1) is 11.8 Å². The summed E-state index contributed by atoms with van der Waals surface area (Å²) >= 11 is 7.15. The summed E-state index contributed by atoms with van der Waals surface area (Å²) in [7, 11) is 0. The van der Waals surface area contributed by atoms with Crippen molar-refractivity contribution >= 4 is 35.2 Å². The average Bonchev–Trinajstić information content (AvgIpc) is 2.65. The second-order valence-electron chi connectivity index (χ2n) is 6.49. The van der Waals surface area contributed by atoms with E-state index in [1.54, 1.807) is 36.4 Å². The molecule has 8 heteroatoms. The molecular formula is C20H20ClFN2O3S. The van der Waals surface area contributed by atoms with E-state index in [0.717, 1.165) is 4.90 Å². The van der Waals surface area contributed by atoms with E-state index in [1.165, 1.54) is 23.9 Å². The first-order valence-corrected chi connectivity index (χ1v) is 10.2. The van der Waals surface area contributed by atoms with Gasteiger partial charge in [-0.05, 0) is 61.4 Å². The highest BCUT2D eigenvalue weighted by Gasteiger charge is 2.31. The molecule has 0 aliphatic heterocycles. The zero-order valence-corrected chi connectivity index (χ0v) is 16.6. The molecule has 2 aromatic carbocycles. The van der Waals surface area contributed by atoms with Crippen molar-refractivity contribution in [2.24, 2.45) is 0 Å². The van der Waals surface area contributed by atoms with Crippen LogP contribution in [-0.4, -0.2) is 36.3 Å². The van der Waals surface area contributed by atoms with Crippen molar-refractivity contribution in [2.45, 2.75) is 29.8 Å². The van der Waals surface area contributed by atoms with Gasteiger partial charge in [-0.3, -0.25) is 9.59 Å². The van der Waals surface area contributed by atoms with Gasteiger partial charge in [0.1, 0.15) is 11.6 Å². The Kier molecular flexibility index (Phi) is 7.17. The van der Waals surface area contributed by atoms with Crippen LogP contribution in [0.2, 0.25) is 5.02 Å². The zero-order valence-electron chi connectivity index (χ0n) is 15.0. The number of halogens is 2. The van der Waals surface area contributed by atoms with Crippen LogP contribution in [0.1, 0.15) is 12.8 Å². The maximum absolute atomic E-state index is 12.9. The number of carbonyl (C=O) groups is 2. The molecule has 0 atom stereocenters. The second kappa shape index (κ2) is 9.80. The van der Waals surface area contributed by atoms with E-state index in [4.69, 9.17) is 16.3 Å². The van der Waals surface area contributed by atoms with E-state index in [2.05, 4.69) is 10.6 Å². The lowest BCUT2D eigenvalue weighted by atomic mass is 9.86. The Labute approximate surface area is 172 Å². The maximum Gasteiger partial charge on any atom is 0.258 e. The number of ether oxygens (including phenoxy) is 1. The molecule has 0 aromatic heterocycles. The average molecular weight is 423 g/mol. The fourth-order valence-electron chi connectivity index (χ4n) is 2.75. The Balaban J connectivity index is 1.28. The fourth-order valence-corrected chi connectivity index (χ4v) is 3.59. The van der Waals surface area contributed by atoms with Gasteiger partial charge in [0, 0.05) is 22.0 Å².